The zero-order chi connectivity index (χ0) is 37.5. The smallest absolute Gasteiger partial charge is 0.164 e. The Balaban J connectivity index is 0.908. The van der Waals surface area contributed by atoms with Gasteiger partial charge in [0.1, 0.15) is 0 Å². The molecule has 0 radical (unpaired) electrons. The second kappa shape index (κ2) is 12.8. The number of rotatable bonds is 5. The number of hydrogen-bond donors (Lipinski definition) is 0. The molecule has 5 aliphatic carbocycles. The van der Waals surface area contributed by atoms with Crippen molar-refractivity contribution in [2.75, 3.05) is 0 Å². The molecule has 3 heteroatoms. The van der Waals surface area contributed by atoms with Gasteiger partial charge in [0.15, 0.2) is 17.5 Å². The Morgan fingerprint density at radius 3 is 1.93 bits per heavy atom. The van der Waals surface area contributed by atoms with Gasteiger partial charge in [0.05, 0.1) is 0 Å². The van der Waals surface area contributed by atoms with E-state index >= 15 is 0 Å². The summed E-state index contributed by atoms with van der Waals surface area (Å²) in [5, 5.41) is 4.70. The molecule has 0 fully saturated rings. The molecule has 2 unspecified atom stereocenters. The van der Waals surface area contributed by atoms with Crippen LogP contribution < -0.4 is 0 Å². The molecule has 13 rings (SSSR count). The van der Waals surface area contributed by atoms with E-state index < -0.39 is 0 Å². The highest BCUT2D eigenvalue weighted by Gasteiger charge is 2.48. The molecule has 2 bridgehead atoms. The standard InChI is InChI=1S/C54H37N3/c1-2-12-36(13-3-1)52-55-53(57-54(56-52)48-32-38-14-4-5-15-39(38)41-16-6-7-17-42(41)48)37-30-26-34(27-31-37)33-24-28-35(29-25-33)40-20-10-23-47-49-43-18-8-9-19-45(43)51(50(40)47)46-22-11-21-44(46)49/h1-17,19-20,22-32,43,49,51H,18,21H2/t43?,49-,51?/m0/s1. The molecule has 0 saturated heterocycles. The first-order valence-electron chi connectivity index (χ1n) is 20.1. The van der Waals surface area contributed by atoms with E-state index in [0.29, 0.717) is 35.2 Å². The first-order valence-corrected chi connectivity index (χ1v) is 20.1. The summed E-state index contributed by atoms with van der Waals surface area (Å²) in [6.07, 6.45) is 14.1. The van der Waals surface area contributed by atoms with Crippen molar-refractivity contribution in [1.82, 2.24) is 15.0 Å². The summed E-state index contributed by atoms with van der Waals surface area (Å²) in [7, 11) is 0. The van der Waals surface area contributed by atoms with Crippen LogP contribution in [-0.4, -0.2) is 15.0 Å². The lowest BCUT2D eigenvalue weighted by Gasteiger charge is -2.48. The van der Waals surface area contributed by atoms with Gasteiger partial charge in [-0.2, -0.15) is 0 Å². The Morgan fingerprint density at radius 1 is 0.491 bits per heavy atom. The Morgan fingerprint density at radius 2 is 1.14 bits per heavy atom. The average Bonchev–Trinajstić information content (AvgIpc) is 3.80. The molecule has 1 heterocycles. The van der Waals surface area contributed by atoms with Crippen LogP contribution in [0.2, 0.25) is 0 Å². The third-order valence-electron chi connectivity index (χ3n) is 12.8. The lowest BCUT2D eigenvalue weighted by molar-refractivity contribution is 0.452. The van der Waals surface area contributed by atoms with E-state index in [2.05, 4.69) is 164 Å². The third kappa shape index (κ3) is 5.09. The summed E-state index contributed by atoms with van der Waals surface area (Å²) in [4.78, 5) is 15.3. The SMILES string of the molecule is C1=CCC2C(=C1)C1C3=C(CC=C3)[C@H]2c2cccc(-c3ccc(-c4ccc(-c5nc(-c6ccccc6)nc(-c6cc7ccccc7c7ccccc67)n5)cc4)cc3)c21. The highest BCUT2D eigenvalue weighted by Crippen LogP contribution is 2.63. The minimum atomic E-state index is 0.357. The summed E-state index contributed by atoms with van der Waals surface area (Å²) in [6, 6.07) is 54.4. The van der Waals surface area contributed by atoms with Gasteiger partial charge in [-0.25, -0.2) is 15.0 Å². The van der Waals surface area contributed by atoms with Gasteiger partial charge in [-0.3, -0.25) is 0 Å². The minimum Gasteiger partial charge on any atom is -0.208 e. The first-order chi connectivity index (χ1) is 28.3. The molecular weight excluding hydrogens is 691 g/mol. The zero-order valence-electron chi connectivity index (χ0n) is 31.3. The number of allylic oxidation sites excluding steroid dienone is 8. The largest absolute Gasteiger partial charge is 0.208 e. The van der Waals surface area contributed by atoms with Crippen molar-refractivity contribution in [2.45, 2.75) is 24.7 Å². The van der Waals surface area contributed by atoms with E-state index in [1.54, 1.807) is 22.3 Å². The van der Waals surface area contributed by atoms with Gasteiger partial charge >= 0.3 is 0 Å². The molecule has 3 atom stereocenters. The highest BCUT2D eigenvalue weighted by molar-refractivity contribution is 6.13. The molecule has 7 aromatic carbocycles. The molecule has 57 heavy (non-hydrogen) atoms. The fraction of sp³-hybridized carbons (Fsp3) is 0.0926. The van der Waals surface area contributed by atoms with Crippen LogP contribution in [0.15, 0.2) is 199 Å². The van der Waals surface area contributed by atoms with E-state index in [1.807, 2.05) is 18.2 Å². The van der Waals surface area contributed by atoms with Gasteiger partial charge in [0.25, 0.3) is 0 Å². The zero-order valence-corrected chi connectivity index (χ0v) is 31.3. The van der Waals surface area contributed by atoms with Crippen LogP contribution in [0.25, 0.3) is 78.0 Å². The van der Waals surface area contributed by atoms with E-state index in [1.165, 1.54) is 33.0 Å². The Labute approximate surface area is 332 Å². The van der Waals surface area contributed by atoms with Crippen molar-refractivity contribution in [3.63, 3.8) is 0 Å². The second-order valence-electron chi connectivity index (χ2n) is 15.8. The van der Waals surface area contributed by atoms with Crippen LogP contribution >= 0.6 is 0 Å². The van der Waals surface area contributed by atoms with E-state index in [4.69, 9.17) is 15.0 Å². The number of benzene rings is 7. The molecular formula is C54H37N3. The normalized spacial score (nSPS) is 18.8. The molecule has 268 valence electrons. The Kier molecular flexibility index (Phi) is 7.25. The maximum atomic E-state index is 5.16. The molecule has 0 saturated carbocycles. The average molecular weight is 728 g/mol. The first kappa shape index (κ1) is 32.3. The van der Waals surface area contributed by atoms with Crippen LogP contribution in [0.4, 0.5) is 0 Å². The fourth-order valence-corrected chi connectivity index (χ4v) is 10.2. The number of hydrogen-bond acceptors (Lipinski definition) is 3. The van der Waals surface area contributed by atoms with Crippen molar-refractivity contribution < 1.29 is 0 Å². The van der Waals surface area contributed by atoms with E-state index in [9.17, 15) is 0 Å². The fourth-order valence-electron chi connectivity index (χ4n) is 10.2. The Hall–Kier alpha value is -6.97. The minimum absolute atomic E-state index is 0.357. The predicted octanol–water partition coefficient (Wildman–Crippen LogP) is 13.5. The summed E-state index contributed by atoms with van der Waals surface area (Å²) in [6.45, 7) is 0. The summed E-state index contributed by atoms with van der Waals surface area (Å²) >= 11 is 0. The van der Waals surface area contributed by atoms with Gasteiger partial charge in [-0.05, 0) is 85.3 Å². The third-order valence-corrected chi connectivity index (χ3v) is 12.8. The van der Waals surface area contributed by atoms with Crippen LogP contribution in [0, 0.1) is 5.92 Å². The number of fused-ring (bicyclic) bond motifs is 3. The molecule has 3 nitrogen and oxygen atoms in total. The van der Waals surface area contributed by atoms with Gasteiger partial charge in [-0.1, -0.05) is 187 Å². The van der Waals surface area contributed by atoms with Crippen molar-refractivity contribution in [1.29, 1.82) is 0 Å². The maximum absolute atomic E-state index is 5.16. The molecule has 0 aliphatic heterocycles. The molecule has 0 spiro atoms. The second-order valence-corrected chi connectivity index (χ2v) is 15.8. The van der Waals surface area contributed by atoms with E-state index in [0.717, 1.165) is 45.9 Å². The molecule has 0 amide bonds. The molecule has 8 aromatic rings. The maximum Gasteiger partial charge on any atom is 0.164 e. The van der Waals surface area contributed by atoms with Crippen molar-refractivity contribution in [3.8, 4) is 56.4 Å². The van der Waals surface area contributed by atoms with Crippen molar-refractivity contribution in [3.05, 3.63) is 210 Å². The van der Waals surface area contributed by atoms with Crippen molar-refractivity contribution in [2.24, 2.45) is 5.92 Å². The summed E-state index contributed by atoms with van der Waals surface area (Å²) < 4.78 is 0. The van der Waals surface area contributed by atoms with Crippen molar-refractivity contribution >= 4 is 21.5 Å². The predicted molar refractivity (Wildman–Crippen MR) is 234 cm³/mol. The quantitative estimate of drug-likeness (QED) is 0.166. The van der Waals surface area contributed by atoms with Crippen LogP contribution in [-0.2, 0) is 0 Å². The number of nitrogens with zero attached hydrogens (tertiary/aromatic N) is 3. The van der Waals surface area contributed by atoms with Crippen LogP contribution in [0.3, 0.4) is 0 Å². The van der Waals surface area contributed by atoms with Gasteiger partial charge in [-0.15, -0.1) is 0 Å². The van der Waals surface area contributed by atoms with Crippen LogP contribution in [0.5, 0.6) is 0 Å². The van der Waals surface area contributed by atoms with E-state index in [-0.39, 0.29) is 0 Å². The van der Waals surface area contributed by atoms with Crippen LogP contribution in [0.1, 0.15) is 35.8 Å². The lowest BCUT2D eigenvalue weighted by Crippen LogP contribution is -2.34. The summed E-state index contributed by atoms with van der Waals surface area (Å²) in [5.74, 6) is 3.42. The number of aromatic nitrogens is 3. The Bertz CT molecular complexity index is 3060. The summed E-state index contributed by atoms with van der Waals surface area (Å²) in [5.41, 5.74) is 15.8. The topological polar surface area (TPSA) is 38.7 Å². The molecule has 5 aliphatic rings. The van der Waals surface area contributed by atoms with Gasteiger partial charge in [0, 0.05) is 28.5 Å². The van der Waals surface area contributed by atoms with Gasteiger partial charge in [0.2, 0.25) is 0 Å². The van der Waals surface area contributed by atoms with Gasteiger partial charge < -0.3 is 0 Å². The molecule has 0 N–H and O–H groups in total. The molecule has 1 aromatic heterocycles. The highest BCUT2D eigenvalue weighted by atomic mass is 15.0. The lowest BCUT2D eigenvalue weighted by atomic mass is 9.55. The monoisotopic (exact) mass is 727 g/mol.